The van der Waals surface area contributed by atoms with Crippen molar-refractivity contribution in [3.8, 4) is 29.1 Å². The summed E-state index contributed by atoms with van der Waals surface area (Å²) in [6, 6.07) is 12.0. The van der Waals surface area contributed by atoms with E-state index in [0.29, 0.717) is 34.1 Å². The van der Waals surface area contributed by atoms with Crippen LogP contribution in [0.3, 0.4) is 0 Å². The van der Waals surface area contributed by atoms with E-state index in [2.05, 4.69) is 10.5 Å². The molecule has 0 aliphatic heterocycles. The molecule has 0 aliphatic carbocycles. The van der Waals surface area contributed by atoms with Crippen LogP contribution >= 0.6 is 0 Å². The largest absolute Gasteiger partial charge is 0.496 e. The van der Waals surface area contributed by atoms with E-state index in [-0.39, 0.29) is 6.61 Å². The molecule has 0 aliphatic rings. The maximum atomic E-state index is 11.9. The number of hydrogen-bond acceptors (Lipinski definition) is 7. The van der Waals surface area contributed by atoms with E-state index in [1.54, 1.807) is 36.4 Å². The van der Waals surface area contributed by atoms with Gasteiger partial charge in [-0.25, -0.2) is 5.43 Å². The smallest absolute Gasteiger partial charge is 0.277 e. The first-order chi connectivity index (χ1) is 13.1. The van der Waals surface area contributed by atoms with Gasteiger partial charge in [-0.2, -0.15) is 10.4 Å². The molecule has 0 heterocycles. The van der Waals surface area contributed by atoms with Crippen molar-refractivity contribution < 1.29 is 23.7 Å². The van der Waals surface area contributed by atoms with Gasteiger partial charge in [0.05, 0.1) is 33.1 Å². The summed E-state index contributed by atoms with van der Waals surface area (Å²) >= 11 is 0. The summed E-state index contributed by atoms with van der Waals surface area (Å²) in [7, 11) is 4.55. The zero-order valence-electron chi connectivity index (χ0n) is 15.2. The SMILES string of the molecule is COc1cc(OC)c(OC)cc1/C=N/NC(=O)COc1ccccc1C#N. The monoisotopic (exact) mass is 369 g/mol. The highest BCUT2D eigenvalue weighted by atomic mass is 16.5. The van der Waals surface area contributed by atoms with Gasteiger partial charge in [-0.3, -0.25) is 4.79 Å². The molecular formula is C19H19N3O5. The maximum absolute atomic E-state index is 11.9. The van der Waals surface area contributed by atoms with Crippen LogP contribution in [0, 0.1) is 11.3 Å². The predicted molar refractivity (Wildman–Crippen MR) is 98.5 cm³/mol. The second-order valence-corrected chi connectivity index (χ2v) is 5.14. The molecule has 0 aromatic heterocycles. The number of para-hydroxylation sites is 1. The number of nitriles is 1. The van der Waals surface area contributed by atoms with Gasteiger partial charge in [0.25, 0.3) is 5.91 Å². The van der Waals surface area contributed by atoms with Crippen molar-refractivity contribution in [2.24, 2.45) is 5.10 Å². The molecule has 8 heteroatoms. The van der Waals surface area contributed by atoms with Crippen LogP contribution in [-0.2, 0) is 4.79 Å². The molecule has 2 aromatic carbocycles. The van der Waals surface area contributed by atoms with Gasteiger partial charge in [0.2, 0.25) is 0 Å². The van der Waals surface area contributed by atoms with E-state index in [9.17, 15) is 4.79 Å². The van der Waals surface area contributed by atoms with Crippen LogP contribution in [0.25, 0.3) is 0 Å². The molecule has 0 atom stereocenters. The van der Waals surface area contributed by atoms with Crippen LogP contribution < -0.4 is 24.4 Å². The molecule has 0 bridgehead atoms. The number of benzene rings is 2. The summed E-state index contributed by atoms with van der Waals surface area (Å²) in [5.74, 6) is 1.38. The van der Waals surface area contributed by atoms with Crippen LogP contribution in [0.2, 0.25) is 0 Å². The quantitative estimate of drug-likeness (QED) is 0.565. The Morgan fingerprint density at radius 2 is 1.74 bits per heavy atom. The lowest BCUT2D eigenvalue weighted by atomic mass is 10.2. The Bertz CT molecular complexity index is 874. The average Bonchev–Trinajstić information content (AvgIpc) is 2.71. The lowest BCUT2D eigenvalue weighted by Crippen LogP contribution is -2.24. The molecular weight excluding hydrogens is 350 g/mol. The summed E-state index contributed by atoms with van der Waals surface area (Å²) in [6.45, 7) is -0.279. The van der Waals surface area contributed by atoms with E-state index in [1.165, 1.54) is 27.5 Å². The van der Waals surface area contributed by atoms with Gasteiger partial charge < -0.3 is 18.9 Å². The Morgan fingerprint density at radius 3 is 2.41 bits per heavy atom. The molecule has 27 heavy (non-hydrogen) atoms. The lowest BCUT2D eigenvalue weighted by Gasteiger charge is -2.11. The third-order valence-corrected chi connectivity index (χ3v) is 3.50. The van der Waals surface area contributed by atoms with Crippen molar-refractivity contribution >= 4 is 12.1 Å². The third-order valence-electron chi connectivity index (χ3n) is 3.50. The van der Waals surface area contributed by atoms with Crippen molar-refractivity contribution in [3.63, 3.8) is 0 Å². The summed E-state index contributed by atoms with van der Waals surface area (Å²) in [6.07, 6.45) is 1.42. The average molecular weight is 369 g/mol. The molecule has 0 unspecified atom stereocenters. The fourth-order valence-corrected chi connectivity index (χ4v) is 2.19. The molecule has 140 valence electrons. The van der Waals surface area contributed by atoms with Gasteiger partial charge in [0.1, 0.15) is 17.6 Å². The molecule has 0 radical (unpaired) electrons. The number of hydrazone groups is 1. The highest BCUT2D eigenvalue weighted by Gasteiger charge is 2.11. The molecule has 0 spiro atoms. The minimum absolute atomic E-state index is 0.279. The first kappa shape index (κ1) is 19.6. The number of methoxy groups -OCH3 is 3. The van der Waals surface area contributed by atoms with Gasteiger partial charge in [0, 0.05) is 11.6 Å². The van der Waals surface area contributed by atoms with E-state index < -0.39 is 5.91 Å². The van der Waals surface area contributed by atoms with Crippen LogP contribution in [0.1, 0.15) is 11.1 Å². The van der Waals surface area contributed by atoms with Crippen molar-refractivity contribution in [1.82, 2.24) is 5.43 Å². The minimum Gasteiger partial charge on any atom is -0.496 e. The fourth-order valence-electron chi connectivity index (χ4n) is 2.19. The summed E-state index contributed by atoms with van der Waals surface area (Å²) in [5.41, 5.74) is 3.29. The molecule has 8 nitrogen and oxygen atoms in total. The van der Waals surface area contributed by atoms with Crippen LogP contribution in [0.4, 0.5) is 0 Å². The molecule has 2 aromatic rings. The lowest BCUT2D eigenvalue weighted by molar-refractivity contribution is -0.123. The first-order valence-electron chi connectivity index (χ1n) is 7.86. The van der Waals surface area contributed by atoms with E-state index in [4.69, 9.17) is 24.2 Å². The van der Waals surface area contributed by atoms with Gasteiger partial charge >= 0.3 is 0 Å². The zero-order chi connectivity index (χ0) is 19.6. The number of rotatable bonds is 8. The van der Waals surface area contributed by atoms with E-state index in [1.807, 2.05) is 6.07 Å². The Hall–Kier alpha value is -3.73. The van der Waals surface area contributed by atoms with E-state index in [0.717, 1.165) is 0 Å². The molecule has 0 saturated heterocycles. The predicted octanol–water partition coefficient (Wildman–Crippen LogP) is 2.11. The minimum atomic E-state index is -0.474. The van der Waals surface area contributed by atoms with Crippen molar-refractivity contribution in [1.29, 1.82) is 5.26 Å². The van der Waals surface area contributed by atoms with Crippen LogP contribution in [0.15, 0.2) is 41.5 Å². The molecule has 0 saturated carbocycles. The van der Waals surface area contributed by atoms with Crippen molar-refractivity contribution in [2.75, 3.05) is 27.9 Å². The number of amides is 1. The highest BCUT2D eigenvalue weighted by Crippen LogP contribution is 2.33. The Balaban J connectivity index is 2.00. The highest BCUT2D eigenvalue weighted by molar-refractivity contribution is 5.86. The molecule has 1 N–H and O–H groups in total. The maximum Gasteiger partial charge on any atom is 0.277 e. The summed E-state index contributed by atoms with van der Waals surface area (Å²) in [4.78, 5) is 11.9. The Morgan fingerprint density at radius 1 is 1.07 bits per heavy atom. The number of ether oxygens (including phenoxy) is 4. The number of nitrogens with zero attached hydrogens (tertiary/aromatic N) is 2. The van der Waals surface area contributed by atoms with Crippen molar-refractivity contribution in [3.05, 3.63) is 47.5 Å². The fraction of sp³-hybridized carbons (Fsp3) is 0.211. The second-order valence-electron chi connectivity index (χ2n) is 5.14. The van der Waals surface area contributed by atoms with Gasteiger partial charge in [-0.15, -0.1) is 0 Å². The van der Waals surface area contributed by atoms with Crippen LogP contribution in [-0.4, -0.2) is 40.1 Å². The molecule has 0 fully saturated rings. The molecule has 1 amide bonds. The summed E-state index contributed by atoms with van der Waals surface area (Å²) in [5, 5.41) is 12.9. The summed E-state index contributed by atoms with van der Waals surface area (Å²) < 4.78 is 21.1. The Kier molecular flexibility index (Phi) is 7.02. The first-order valence-corrected chi connectivity index (χ1v) is 7.86. The van der Waals surface area contributed by atoms with Crippen LogP contribution in [0.5, 0.6) is 23.0 Å². The zero-order valence-corrected chi connectivity index (χ0v) is 15.2. The Labute approximate surface area is 156 Å². The third kappa shape index (κ3) is 5.12. The van der Waals surface area contributed by atoms with Gasteiger partial charge in [-0.1, -0.05) is 12.1 Å². The van der Waals surface area contributed by atoms with Gasteiger partial charge in [-0.05, 0) is 18.2 Å². The number of hydrogen-bond donors (Lipinski definition) is 1. The number of carbonyl (C=O) groups excluding carboxylic acids is 1. The molecule has 2 rings (SSSR count). The van der Waals surface area contributed by atoms with E-state index >= 15 is 0 Å². The van der Waals surface area contributed by atoms with Crippen molar-refractivity contribution in [2.45, 2.75) is 0 Å². The standard InChI is InChI=1S/C19H19N3O5/c1-24-16-9-18(26-3)17(25-2)8-14(16)11-21-22-19(23)12-27-15-7-5-4-6-13(15)10-20/h4-9,11H,12H2,1-3H3,(H,22,23)/b21-11+. The normalized spacial score (nSPS) is 10.1. The van der Waals surface area contributed by atoms with Gasteiger partial charge in [0.15, 0.2) is 18.1 Å². The topological polar surface area (TPSA) is 102 Å². The number of nitrogens with one attached hydrogen (secondary N) is 1. The number of carbonyl (C=O) groups is 1. The second kappa shape index (κ2) is 9.68.